The lowest BCUT2D eigenvalue weighted by Gasteiger charge is -2.18. The molecule has 0 fully saturated rings. The van der Waals surface area contributed by atoms with E-state index in [0.29, 0.717) is 19.3 Å². The van der Waals surface area contributed by atoms with Crippen LogP contribution >= 0.6 is 0 Å². The van der Waals surface area contributed by atoms with Crippen LogP contribution in [0.4, 0.5) is 0 Å². The molecule has 0 aromatic heterocycles. The third-order valence-corrected chi connectivity index (χ3v) is 14.4. The minimum absolute atomic E-state index is 0.0710. The second-order valence-corrected chi connectivity index (χ2v) is 21.7. The van der Waals surface area contributed by atoms with Crippen molar-refractivity contribution in [3.63, 3.8) is 0 Å². The van der Waals surface area contributed by atoms with E-state index in [9.17, 15) is 14.4 Å². The summed E-state index contributed by atoms with van der Waals surface area (Å²) in [6, 6.07) is 0. The normalized spacial score (nSPS) is 12.1. The van der Waals surface area contributed by atoms with Crippen molar-refractivity contribution in [2.75, 3.05) is 13.2 Å². The summed E-state index contributed by atoms with van der Waals surface area (Å²) in [5.74, 6) is -0.859. The highest BCUT2D eigenvalue weighted by molar-refractivity contribution is 5.71. The number of esters is 3. The molecule has 0 aliphatic rings. The lowest BCUT2D eigenvalue weighted by molar-refractivity contribution is -0.167. The minimum atomic E-state index is -0.774. The van der Waals surface area contributed by atoms with Crippen molar-refractivity contribution in [1.82, 2.24) is 0 Å². The molecule has 0 amide bonds. The molecule has 71 heavy (non-hydrogen) atoms. The Morgan fingerprint density at radius 3 is 0.704 bits per heavy atom. The van der Waals surface area contributed by atoms with Crippen LogP contribution in [0.3, 0.4) is 0 Å². The predicted molar refractivity (Wildman–Crippen MR) is 307 cm³/mol. The van der Waals surface area contributed by atoms with Gasteiger partial charge < -0.3 is 14.2 Å². The molecule has 1 atom stereocenters. The zero-order valence-corrected chi connectivity index (χ0v) is 48.0. The Hall–Kier alpha value is -2.11. The van der Waals surface area contributed by atoms with Gasteiger partial charge in [-0.3, -0.25) is 14.4 Å². The van der Waals surface area contributed by atoms with Crippen LogP contribution in [0.25, 0.3) is 0 Å². The molecule has 0 aromatic rings. The summed E-state index contributed by atoms with van der Waals surface area (Å²) < 4.78 is 16.9. The molecule has 0 bridgehead atoms. The van der Waals surface area contributed by atoms with Crippen molar-refractivity contribution in [3.05, 3.63) is 24.3 Å². The first-order chi connectivity index (χ1) is 35.0. The van der Waals surface area contributed by atoms with Gasteiger partial charge in [-0.25, -0.2) is 0 Å². The first-order valence-electron chi connectivity index (χ1n) is 31.8. The third kappa shape index (κ3) is 58.7. The first kappa shape index (κ1) is 68.9. The van der Waals surface area contributed by atoms with Crippen molar-refractivity contribution < 1.29 is 28.6 Å². The van der Waals surface area contributed by atoms with Crippen molar-refractivity contribution in [2.45, 2.75) is 361 Å². The summed E-state index contributed by atoms with van der Waals surface area (Å²) in [6.07, 6.45) is 71.8. The standard InChI is InChI=1S/C65H122O6/c1-4-7-10-13-16-19-22-25-28-30-31-32-33-35-38-40-43-46-49-52-55-58-64(67)70-61-62(71-65(68)59-56-53-50-47-44-41-36-27-24-21-18-15-12-9-6-3)60-69-63(66)57-54-51-48-45-42-39-37-34-29-26-23-20-17-14-11-8-5-2/h26-27,29,36,62H,4-25,28,30-35,37-61H2,1-3H3/b29-26-,36-27-/t62-/m1/s1. The molecule has 0 heterocycles. The maximum absolute atomic E-state index is 12.9. The number of unbranched alkanes of at least 4 members (excludes halogenated alkanes) is 44. The van der Waals surface area contributed by atoms with Crippen LogP contribution in [0.15, 0.2) is 24.3 Å². The maximum Gasteiger partial charge on any atom is 0.306 e. The van der Waals surface area contributed by atoms with E-state index in [2.05, 4.69) is 45.1 Å². The average molecular weight is 1000 g/mol. The van der Waals surface area contributed by atoms with Crippen molar-refractivity contribution in [1.29, 1.82) is 0 Å². The molecule has 0 rings (SSSR count). The molecule has 0 saturated heterocycles. The summed E-state index contributed by atoms with van der Waals surface area (Å²) >= 11 is 0. The number of rotatable bonds is 59. The van der Waals surface area contributed by atoms with E-state index in [4.69, 9.17) is 14.2 Å². The molecular formula is C65H122O6. The molecule has 0 unspecified atom stereocenters. The molecule has 0 aromatic carbocycles. The second-order valence-electron chi connectivity index (χ2n) is 21.7. The molecule has 0 spiro atoms. The number of ether oxygens (including phenoxy) is 3. The van der Waals surface area contributed by atoms with Crippen LogP contribution in [0.5, 0.6) is 0 Å². The van der Waals surface area contributed by atoms with Gasteiger partial charge in [-0.1, -0.05) is 289 Å². The first-order valence-corrected chi connectivity index (χ1v) is 31.8. The molecule has 0 aliphatic heterocycles. The highest BCUT2D eigenvalue weighted by Crippen LogP contribution is 2.17. The van der Waals surface area contributed by atoms with Gasteiger partial charge in [-0.05, 0) is 70.6 Å². The van der Waals surface area contributed by atoms with E-state index < -0.39 is 6.10 Å². The van der Waals surface area contributed by atoms with Crippen molar-refractivity contribution in [2.24, 2.45) is 0 Å². The van der Waals surface area contributed by atoms with Gasteiger partial charge in [0, 0.05) is 19.3 Å². The molecule has 0 N–H and O–H groups in total. The van der Waals surface area contributed by atoms with E-state index in [1.54, 1.807) is 0 Å². The number of hydrogen-bond acceptors (Lipinski definition) is 6. The molecular weight excluding hydrogens is 877 g/mol. The van der Waals surface area contributed by atoms with Crippen molar-refractivity contribution in [3.8, 4) is 0 Å². The van der Waals surface area contributed by atoms with Gasteiger partial charge in [0.25, 0.3) is 0 Å². The third-order valence-electron chi connectivity index (χ3n) is 14.4. The van der Waals surface area contributed by atoms with Gasteiger partial charge in [0.05, 0.1) is 0 Å². The average Bonchev–Trinajstić information content (AvgIpc) is 3.37. The van der Waals surface area contributed by atoms with Crippen LogP contribution in [-0.4, -0.2) is 37.2 Å². The maximum atomic E-state index is 12.9. The molecule has 6 nitrogen and oxygen atoms in total. The monoisotopic (exact) mass is 999 g/mol. The van der Waals surface area contributed by atoms with Gasteiger partial charge in [-0.2, -0.15) is 0 Å². The van der Waals surface area contributed by atoms with E-state index in [0.717, 1.165) is 64.2 Å². The summed E-state index contributed by atoms with van der Waals surface area (Å²) in [6.45, 7) is 6.69. The van der Waals surface area contributed by atoms with Crippen LogP contribution in [0.2, 0.25) is 0 Å². The molecule has 418 valence electrons. The molecule has 0 aliphatic carbocycles. The highest BCUT2D eigenvalue weighted by Gasteiger charge is 2.19. The van der Waals surface area contributed by atoms with Gasteiger partial charge in [-0.15, -0.1) is 0 Å². The van der Waals surface area contributed by atoms with Crippen LogP contribution in [0, 0.1) is 0 Å². The lowest BCUT2D eigenvalue weighted by atomic mass is 10.0. The number of hydrogen-bond donors (Lipinski definition) is 0. The Morgan fingerprint density at radius 2 is 0.465 bits per heavy atom. The summed E-state index contributed by atoms with van der Waals surface area (Å²) in [4.78, 5) is 38.3. The van der Waals surface area contributed by atoms with E-state index in [-0.39, 0.29) is 31.1 Å². The summed E-state index contributed by atoms with van der Waals surface area (Å²) in [5.41, 5.74) is 0. The zero-order chi connectivity index (χ0) is 51.4. The molecule has 6 heteroatoms. The van der Waals surface area contributed by atoms with E-state index in [1.165, 1.54) is 250 Å². The van der Waals surface area contributed by atoms with Crippen LogP contribution in [-0.2, 0) is 28.6 Å². The molecule has 0 radical (unpaired) electrons. The highest BCUT2D eigenvalue weighted by atomic mass is 16.6. The minimum Gasteiger partial charge on any atom is -0.462 e. The van der Waals surface area contributed by atoms with Gasteiger partial charge in [0.1, 0.15) is 13.2 Å². The number of allylic oxidation sites excluding steroid dienone is 4. The van der Waals surface area contributed by atoms with E-state index in [1.807, 2.05) is 0 Å². The van der Waals surface area contributed by atoms with Crippen LogP contribution < -0.4 is 0 Å². The summed E-state index contributed by atoms with van der Waals surface area (Å²) in [7, 11) is 0. The fourth-order valence-corrected chi connectivity index (χ4v) is 9.61. The quantitative estimate of drug-likeness (QED) is 0.0261. The summed E-state index contributed by atoms with van der Waals surface area (Å²) in [5, 5.41) is 0. The SMILES string of the molecule is CCCCCCCC/C=C\CCCCCCCCCC(=O)OC[C@H](COC(=O)CCCCCCCCCCCCCCCCCCCCCCC)OC(=O)CCCCCCC/C=C\CCCCCCCC. The van der Waals surface area contributed by atoms with E-state index >= 15 is 0 Å². The Bertz CT molecular complexity index is 1150. The number of carbonyl (C=O) groups excluding carboxylic acids is 3. The number of carbonyl (C=O) groups is 3. The second kappa shape index (κ2) is 60.4. The topological polar surface area (TPSA) is 78.9 Å². The Balaban J connectivity index is 4.30. The Morgan fingerprint density at radius 1 is 0.268 bits per heavy atom. The van der Waals surface area contributed by atoms with Gasteiger partial charge in [0.15, 0.2) is 6.10 Å². The van der Waals surface area contributed by atoms with Gasteiger partial charge >= 0.3 is 17.9 Å². The fraction of sp³-hybridized carbons (Fsp3) is 0.892. The van der Waals surface area contributed by atoms with Crippen LogP contribution in [0.1, 0.15) is 355 Å². The Labute approximate surface area is 443 Å². The van der Waals surface area contributed by atoms with Crippen molar-refractivity contribution >= 4 is 17.9 Å². The molecule has 0 saturated carbocycles. The fourth-order valence-electron chi connectivity index (χ4n) is 9.61. The zero-order valence-electron chi connectivity index (χ0n) is 48.0. The van der Waals surface area contributed by atoms with Gasteiger partial charge in [0.2, 0.25) is 0 Å². The smallest absolute Gasteiger partial charge is 0.306 e. The largest absolute Gasteiger partial charge is 0.462 e. The Kier molecular flexibility index (Phi) is 58.6. The lowest BCUT2D eigenvalue weighted by Crippen LogP contribution is -2.30. The predicted octanol–water partition coefficient (Wildman–Crippen LogP) is 21.4.